The van der Waals surface area contributed by atoms with Crippen LogP contribution in [0.2, 0.25) is 0 Å². The van der Waals surface area contributed by atoms with Crippen LogP contribution in [0.5, 0.6) is 0 Å². The predicted octanol–water partition coefficient (Wildman–Crippen LogP) is 0.794. The second-order valence-corrected chi connectivity index (χ2v) is 5.49. The highest BCUT2D eigenvalue weighted by atomic mass is 16.2. The summed E-state index contributed by atoms with van der Waals surface area (Å²) in [5, 5.41) is 2.82. The number of nitrogens with one attached hydrogen (secondary N) is 1. The monoisotopic (exact) mass is 275 g/mol. The van der Waals surface area contributed by atoms with Crippen molar-refractivity contribution in [2.45, 2.75) is 26.3 Å². The summed E-state index contributed by atoms with van der Waals surface area (Å²) < 4.78 is 0. The highest BCUT2D eigenvalue weighted by Crippen LogP contribution is 2.16. The third-order valence-corrected chi connectivity index (χ3v) is 3.54. The number of carbonyl (C=O) groups is 2. The minimum atomic E-state index is -0.370. The third kappa shape index (κ3) is 3.10. The van der Waals surface area contributed by atoms with Crippen LogP contribution in [0.3, 0.4) is 0 Å². The molecule has 1 aliphatic heterocycles. The van der Waals surface area contributed by atoms with Crippen LogP contribution in [-0.2, 0) is 16.0 Å². The van der Waals surface area contributed by atoms with Gasteiger partial charge in [0.25, 0.3) is 0 Å². The van der Waals surface area contributed by atoms with Crippen LogP contribution in [-0.4, -0.2) is 35.8 Å². The molecule has 1 aromatic rings. The van der Waals surface area contributed by atoms with E-state index < -0.39 is 0 Å². The summed E-state index contributed by atoms with van der Waals surface area (Å²) in [4.78, 5) is 26.0. The fourth-order valence-electron chi connectivity index (χ4n) is 2.54. The minimum Gasteiger partial charge on any atom is -0.399 e. The molecule has 5 nitrogen and oxygen atoms in total. The highest BCUT2D eigenvalue weighted by Gasteiger charge is 2.34. The highest BCUT2D eigenvalue weighted by molar-refractivity contribution is 5.89. The van der Waals surface area contributed by atoms with E-state index in [9.17, 15) is 9.59 Å². The molecule has 1 fully saturated rings. The summed E-state index contributed by atoms with van der Waals surface area (Å²) >= 11 is 0. The van der Waals surface area contributed by atoms with Gasteiger partial charge in [0.15, 0.2) is 0 Å². The first-order valence-electron chi connectivity index (χ1n) is 6.90. The standard InChI is InChI=1S/C15H21N3O2/c1-10(2)14-15(20)17-7-8-18(14)13(19)9-11-3-5-12(16)6-4-11/h3-6,10,14H,7-9,16H2,1-2H3,(H,17,20). The van der Waals surface area contributed by atoms with Gasteiger partial charge >= 0.3 is 0 Å². The van der Waals surface area contributed by atoms with Gasteiger partial charge in [0.2, 0.25) is 11.8 Å². The minimum absolute atomic E-state index is 0.0108. The Kier molecular flexibility index (Phi) is 4.27. The van der Waals surface area contributed by atoms with Crippen molar-refractivity contribution in [2.75, 3.05) is 18.8 Å². The largest absolute Gasteiger partial charge is 0.399 e. The van der Waals surface area contributed by atoms with E-state index >= 15 is 0 Å². The Bertz CT molecular complexity index is 496. The van der Waals surface area contributed by atoms with Crippen LogP contribution in [0, 0.1) is 5.92 Å². The molecule has 3 N–H and O–H groups in total. The van der Waals surface area contributed by atoms with Gasteiger partial charge < -0.3 is 16.0 Å². The Morgan fingerprint density at radius 3 is 2.65 bits per heavy atom. The zero-order valence-corrected chi connectivity index (χ0v) is 11.9. The molecular weight excluding hydrogens is 254 g/mol. The van der Waals surface area contributed by atoms with Gasteiger partial charge in [-0.3, -0.25) is 9.59 Å². The summed E-state index contributed by atoms with van der Waals surface area (Å²) in [7, 11) is 0. The number of carbonyl (C=O) groups excluding carboxylic acids is 2. The van der Waals surface area contributed by atoms with Crippen LogP contribution in [0.15, 0.2) is 24.3 Å². The van der Waals surface area contributed by atoms with E-state index in [0.29, 0.717) is 25.2 Å². The normalized spacial score (nSPS) is 19.1. The first-order chi connectivity index (χ1) is 9.49. The number of nitrogens with zero attached hydrogens (tertiary/aromatic N) is 1. The smallest absolute Gasteiger partial charge is 0.243 e. The van der Waals surface area contributed by atoms with Gasteiger partial charge in [-0.2, -0.15) is 0 Å². The number of benzene rings is 1. The molecule has 2 amide bonds. The van der Waals surface area contributed by atoms with Crippen molar-refractivity contribution in [1.82, 2.24) is 10.2 Å². The number of amides is 2. The topological polar surface area (TPSA) is 75.4 Å². The summed E-state index contributed by atoms with van der Waals surface area (Å²) in [6, 6.07) is 6.89. The molecule has 108 valence electrons. The van der Waals surface area contributed by atoms with E-state index in [1.165, 1.54) is 0 Å². The molecule has 1 atom stereocenters. The molecule has 1 unspecified atom stereocenters. The second-order valence-electron chi connectivity index (χ2n) is 5.49. The lowest BCUT2D eigenvalue weighted by Crippen LogP contribution is -2.59. The van der Waals surface area contributed by atoms with Crippen molar-refractivity contribution >= 4 is 17.5 Å². The molecule has 5 heteroatoms. The molecule has 2 rings (SSSR count). The lowest BCUT2D eigenvalue weighted by Gasteiger charge is -2.37. The van der Waals surface area contributed by atoms with Crippen LogP contribution >= 0.6 is 0 Å². The van der Waals surface area contributed by atoms with Crippen molar-refractivity contribution in [3.63, 3.8) is 0 Å². The summed E-state index contributed by atoms with van der Waals surface area (Å²) in [6.45, 7) is 5.01. The molecule has 0 aromatic heterocycles. The van der Waals surface area contributed by atoms with E-state index in [-0.39, 0.29) is 23.8 Å². The van der Waals surface area contributed by atoms with Crippen molar-refractivity contribution < 1.29 is 9.59 Å². The van der Waals surface area contributed by atoms with Crippen LogP contribution < -0.4 is 11.1 Å². The van der Waals surface area contributed by atoms with Crippen molar-refractivity contribution in [2.24, 2.45) is 5.92 Å². The Morgan fingerprint density at radius 1 is 1.40 bits per heavy atom. The number of anilines is 1. The van der Waals surface area contributed by atoms with E-state index in [2.05, 4.69) is 5.32 Å². The Labute approximate surface area is 119 Å². The quantitative estimate of drug-likeness (QED) is 0.801. The van der Waals surface area contributed by atoms with Gasteiger partial charge in [0.1, 0.15) is 6.04 Å². The lowest BCUT2D eigenvalue weighted by molar-refractivity contribution is -0.144. The zero-order valence-electron chi connectivity index (χ0n) is 11.9. The van der Waals surface area contributed by atoms with Gasteiger partial charge in [-0.05, 0) is 23.6 Å². The lowest BCUT2D eigenvalue weighted by atomic mass is 9.98. The molecule has 0 radical (unpaired) electrons. The van der Waals surface area contributed by atoms with E-state index in [1.807, 2.05) is 26.0 Å². The molecule has 0 spiro atoms. The summed E-state index contributed by atoms with van der Waals surface area (Å²) in [5.74, 6) is 0.0332. The van der Waals surface area contributed by atoms with Gasteiger partial charge in [0.05, 0.1) is 6.42 Å². The maximum absolute atomic E-state index is 12.4. The molecule has 0 aliphatic carbocycles. The maximum atomic E-state index is 12.4. The summed E-state index contributed by atoms with van der Waals surface area (Å²) in [6.07, 6.45) is 0.302. The number of hydrogen-bond acceptors (Lipinski definition) is 3. The van der Waals surface area contributed by atoms with Gasteiger partial charge in [-0.15, -0.1) is 0 Å². The number of nitrogens with two attached hydrogens (primary N) is 1. The number of piperazine rings is 1. The number of hydrogen-bond donors (Lipinski definition) is 2. The van der Waals surface area contributed by atoms with Crippen LogP contribution in [0.1, 0.15) is 19.4 Å². The third-order valence-electron chi connectivity index (χ3n) is 3.54. The average molecular weight is 275 g/mol. The van der Waals surface area contributed by atoms with Crippen molar-refractivity contribution in [1.29, 1.82) is 0 Å². The molecule has 0 saturated carbocycles. The van der Waals surface area contributed by atoms with Gasteiger partial charge in [0, 0.05) is 18.8 Å². The fourth-order valence-corrected chi connectivity index (χ4v) is 2.54. The molecule has 1 aromatic carbocycles. The van der Waals surface area contributed by atoms with E-state index in [4.69, 9.17) is 5.73 Å². The van der Waals surface area contributed by atoms with Crippen molar-refractivity contribution in [3.05, 3.63) is 29.8 Å². The van der Waals surface area contributed by atoms with Crippen LogP contribution in [0.25, 0.3) is 0 Å². The van der Waals surface area contributed by atoms with Gasteiger partial charge in [-0.1, -0.05) is 26.0 Å². The molecule has 1 aliphatic rings. The van der Waals surface area contributed by atoms with E-state index in [1.54, 1.807) is 17.0 Å². The first kappa shape index (κ1) is 14.4. The van der Waals surface area contributed by atoms with E-state index in [0.717, 1.165) is 5.56 Å². The maximum Gasteiger partial charge on any atom is 0.243 e. The molecular formula is C15H21N3O2. The molecule has 20 heavy (non-hydrogen) atoms. The molecule has 1 saturated heterocycles. The second kappa shape index (κ2) is 5.94. The summed E-state index contributed by atoms with van der Waals surface area (Å²) in [5.41, 5.74) is 7.23. The number of nitrogen functional groups attached to an aromatic ring is 1. The SMILES string of the molecule is CC(C)C1C(=O)NCCN1C(=O)Cc1ccc(N)cc1. The predicted molar refractivity (Wildman–Crippen MR) is 77.9 cm³/mol. The zero-order chi connectivity index (χ0) is 14.7. The number of rotatable bonds is 3. The molecule has 0 bridgehead atoms. The Balaban J connectivity index is 2.10. The average Bonchev–Trinajstić information content (AvgIpc) is 2.40. The van der Waals surface area contributed by atoms with Gasteiger partial charge in [-0.25, -0.2) is 0 Å². The Morgan fingerprint density at radius 2 is 2.05 bits per heavy atom. The first-order valence-corrected chi connectivity index (χ1v) is 6.90. The van der Waals surface area contributed by atoms with Crippen LogP contribution in [0.4, 0.5) is 5.69 Å². The molecule has 1 heterocycles. The Hall–Kier alpha value is -2.04. The fraction of sp³-hybridized carbons (Fsp3) is 0.467. The van der Waals surface area contributed by atoms with Crippen molar-refractivity contribution in [3.8, 4) is 0 Å².